The van der Waals surface area contributed by atoms with Gasteiger partial charge in [-0.25, -0.2) is 0 Å². The normalized spacial score (nSPS) is 16.3. The van der Waals surface area contributed by atoms with E-state index in [1.807, 2.05) is 12.1 Å². The first-order valence-corrected chi connectivity index (χ1v) is 5.59. The minimum absolute atomic E-state index is 0. The van der Waals surface area contributed by atoms with Crippen LogP contribution in [0.3, 0.4) is 0 Å². The van der Waals surface area contributed by atoms with Gasteiger partial charge in [0.25, 0.3) is 5.91 Å². The average Bonchev–Trinajstić information content (AvgIpc) is 2.75. The van der Waals surface area contributed by atoms with Crippen molar-refractivity contribution in [3.8, 4) is 0 Å². The van der Waals surface area contributed by atoms with E-state index in [4.69, 9.17) is 4.74 Å². The van der Waals surface area contributed by atoms with Crippen LogP contribution in [-0.4, -0.2) is 18.9 Å². The molecule has 0 radical (unpaired) electrons. The third-order valence-corrected chi connectivity index (χ3v) is 2.74. The molecule has 0 saturated heterocycles. The van der Waals surface area contributed by atoms with E-state index in [0.29, 0.717) is 11.9 Å². The van der Waals surface area contributed by atoms with Crippen molar-refractivity contribution in [1.29, 1.82) is 0 Å². The van der Waals surface area contributed by atoms with Gasteiger partial charge in [-0.2, -0.15) is 5.01 Å². The molecular formula is C13H13KN2O3. The predicted octanol–water partition coefficient (Wildman–Crippen LogP) is -2.20. The molecule has 1 aromatic rings. The zero-order valence-corrected chi connectivity index (χ0v) is 14.3. The van der Waals surface area contributed by atoms with Crippen molar-refractivity contribution in [3.05, 3.63) is 41.7 Å². The number of amides is 1. The van der Waals surface area contributed by atoms with Crippen LogP contribution in [-0.2, 0) is 16.0 Å². The fraction of sp³-hybridized carbons (Fsp3) is 0.231. The third kappa shape index (κ3) is 3.27. The van der Waals surface area contributed by atoms with Gasteiger partial charge in [0.15, 0.2) is 0 Å². The quantitative estimate of drug-likeness (QED) is 0.352. The Balaban J connectivity index is 0.00000180. The molecule has 94 valence electrons. The van der Waals surface area contributed by atoms with Crippen molar-refractivity contribution in [2.75, 3.05) is 12.1 Å². The van der Waals surface area contributed by atoms with Crippen LogP contribution in [0.15, 0.2) is 41.2 Å². The Bertz CT molecular complexity index is 523. The van der Waals surface area contributed by atoms with Crippen molar-refractivity contribution >= 4 is 17.5 Å². The third-order valence-electron chi connectivity index (χ3n) is 2.74. The molecule has 0 aliphatic carbocycles. The van der Waals surface area contributed by atoms with E-state index < -0.39 is 5.91 Å². The summed E-state index contributed by atoms with van der Waals surface area (Å²) in [4.78, 5) is 11.9. The number of carbonyl (C=O) groups excluding carboxylic acids is 1. The molecule has 0 fully saturated rings. The molecule has 0 N–H and O–H groups in total. The topological polar surface area (TPSA) is 65.0 Å². The number of hydrogen-bond donors (Lipinski definition) is 0. The van der Waals surface area contributed by atoms with E-state index >= 15 is 0 Å². The predicted molar refractivity (Wildman–Crippen MR) is 65.8 cm³/mol. The molecule has 1 amide bonds. The van der Waals surface area contributed by atoms with Crippen molar-refractivity contribution in [2.45, 2.75) is 13.3 Å². The van der Waals surface area contributed by atoms with Crippen LogP contribution in [0.2, 0.25) is 0 Å². The minimum atomic E-state index is -0.467. The van der Waals surface area contributed by atoms with E-state index in [0.717, 1.165) is 6.42 Å². The minimum Gasteiger partial charge on any atom is -0.877 e. The van der Waals surface area contributed by atoms with Crippen molar-refractivity contribution in [2.24, 2.45) is 5.10 Å². The Hall–Kier alpha value is -0.664. The molecule has 0 atom stereocenters. The Morgan fingerprint density at radius 3 is 2.42 bits per heavy atom. The Morgan fingerprint density at radius 2 is 2.00 bits per heavy atom. The van der Waals surface area contributed by atoms with Gasteiger partial charge in [-0.3, -0.25) is 4.79 Å². The zero-order chi connectivity index (χ0) is 13.1. The van der Waals surface area contributed by atoms with E-state index in [9.17, 15) is 9.90 Å². The van der Waals surface area contributed by atoms with Gasteiger partial charge in [0.05, 0.1) is 18.4 Å². The summed E-state index contributed by atoms with van der Waals surface area (Å²) in [5, 5.41) is 16.0. The fourth-order valence-corrected chi connectivity index (χ4v) is 1.70. The molecule has 5 nitrogen and oxygen atoms in total. The molecule has 1 aromatic carbocycles. The second-order valence-corrected chi connectivity index (χ2v) is 3.78. The molecule has 19 heavy (non-hydrogen) atoms. The van der Waals surface area contributed by atoms with Crippen LogP contribution in [0.25, 0.3) is 0 Å². The van der Waals surface area contributed by atoms with Crippen molar-refractivity contribution in [1.82, 2.24) is 0 Å². The summed E-state index contributed by atoms with van der Waals surface area (Å²) in [6, 6.07) is 7.43. The number of benzene rings is 1. The number of ether oxygens (including phenoxy) is 1. The summed E-state index contributed by atoms with van der Waals surface area (Å²) in [5.74, 6) is -0.416. The Kier molecular flexibility index (Phi) is 6.22. The number of hydrogen-bond acceptors (Lipinski definition) is 4. The standard InChI is InChI=1S/C13H14N2O3.K/c1-3-9-4-6-10(7-5-9)15-13(17)11(8-16)12(14-15)18-2;/h4-8,16H,3H2,1-2H3;/q;+1/p-1/b11-8-;. The number of carbonyl (C=O) groups is 1. The maximum absolute atomic E-state index is 11.9. The molecule has 2 rings (SSSR count). The smallest absolute Gasteiger partial charge is 0.877 e. The molecule has 0 saturated carbocycles. The average molecular weight is 284 g/mol. The monoisotopic (exact) mass is 284 g/mol. The number of rotatable bonds is 2. The van der Waals surface area contributed by atoms with Crippen molar-refractivity contribution < 1.29 is 66.0 Å². The van der Waals surface area contributed by atoms with Crippen LogP contribution >= 0.6 is 0 Å². The van der Waals surface area contributed by atoms with Crippen LogP contribution < -0.4 is 61.5 Å². The first-order chi connectivity index (χ1) is 8.71. The summed E-state index contributed by atoms with van der Waals surface area (Å²) >= 11 is 0. The van der Waals surface area contributed by atoms with Gasteiger partial charge in [0, 0.05) is 0 Å². The number of nitrogens with zero attached hydrogens (tertiary/aromatic N) is 2. The van der Waals surface area contributed by atoms with Gasteiger partial charge >= 0.3 is 51.4 Å². The Labute approximate surface area is 154 Å². The molecule has 0 unspecified atom stereocenters. The summed E-state index contributed by atoms with van der Waals surface area (Å²) in [5.41, 5.74) is 1.72. The molecule has 0 spiro atoms. The van der Waals surface area contributed by atoms with Crippen LogP contribution in [0.5, 0.6) is 0 Å². The van der Waals surface area contributed by atoms with Gasteiger partial charge in [-0.15, -0.1) is 11.4 Å². The summed E-state index contributed by atoms with van der Waals surface area (Å²) in [7, 11) is 1.37. The largest absolute Gasteiger partial charge is 1.00 e. The van der Waals surface area contributed by atoms with Gasteiger partial charge in [-0.1, -0.05) is 19.1 Å². The molecule has 1 heterocycles. The molecule has 1 aliphatic rings. The number of methoxy groups -OCH3 is 1. The van der Waals surface area contributed by atoms with E-state index in [-0.39, 0.29) is 62.9 Å². The van der Waals surface area contributed by atoms with E-state index in [1.165, 1.54) is 17.7 Å². The summed E-state index contributed by atoms with van der Waals surface area (Å²) in [6.45, 7) is 2.05. The fourth-order valence-electron chi connectivity index (χ4n) is 1.70. The first kappa shape index (κ1) is 16.4. The van der Waals surface area contributed by atoms with Gasteiger partial charge in [0.2, 0.25) is 5.90 Å². The second-order valence-electron chi connectivity index (χ2n) is 3.78. The van der Waals surface area contributed by atoms with Gasteiger partial charge in [0.1, 0.15) is 0 Å². The zero-order valence-electron chi connectivity index (χ0n) is 11.2. The van der Waals surface area contributed by atoms with E-state index in [1.54, 1.807) is 12.1 Å². The van der Waals surface area contributed by atoms with Crippen LogP contribution in [0, 0.1) is 0 Å². The molecule has 1 aliphatic heterocycles. The van der Waals surface area contributed by atoms with Gasteiger partial charge in [-0.05, 0) is 24.1 Å². The maximum Gasteiger partial charge on any atom is 1.00 e. The number of aryl methyl sites for hydroxylation is 1. The SMILES string of the molecule is CCc1ccc(N2N=C(OC)/C(=C/[O-])C2=O)cc1.[K+]. The van der Waals surface area contributed by atoms with Crippen LogP contribution in [0.1, 0.15) is 12.5 Å². The molecule has 0 aromatic heterocycles. The van der Waals surface area contributed by atoms with E-state index in [2.05, 4.69) is 12.0 Å². The van der Waals surface area contributed by atoms with Crippen molar-refractivity contribution in [3.63, 3.8) is 0 Å². The second kappa shape index (κ2) is 7.21. The summed E-state index contributed by atoms with van der Waals surface area (Å²) < 4.78 is 4.90. The first-order valence-electron chi connectivity index (χ1n) is 5.59. The molecular weight excluding hydrogens is 271 g/mol. The number of hydrazone groups is 1. The molecule has 0 bridgehead atoms. The Morgan fingerprint density at radius 1 is 1.37 bits per heavy atom. The van der Waals surface area contributed by atoms with Gasteiger partial charge < -0.3 is 9.84 Å². The maximum atomic E-state index is 11.9. The number of anilines is 1. The molecule has 6 heteroatoms. The van der Waals surface area contributed by atoms with Crippen LogP contribution in [0.4, 0.5) is 5.69 Å². The summed E-state index contributed by atoms with van der Waals surface area (Å²) in [6.07, 6.45) is 1.39.